The molecule has 7 rings (SSSR count). The van der Waals surface area contributed by atoms with Gasteiger partial charge in [0.2, 0.25) is 17.7 Å². The summed E-state index contributed by atoms with van der Waals surface area (Å²) in [6.45, 7) is 0.549. The van der Waals surface area contributed by atoms with Gasteiger partial charge in [0.05, 0.1) is 28.0 Å². The third kappa shape index (κ3) is 9.52. The minimum atomic E-state index is -1.05. The van der Waals surface area contributed by atoms with E-state index in [0.717, 1.165) is 54.6 Å². The summed E-state index contributed by atoms with van der Waals surface area (Å²) < 4.78 is 5.60. The number of carbonyl (C=O) groups is 6. The molecule has 0 spiro atoms. The van der Waals surface area contributed by atoms with Gasteiger partial charge in [-0.25, -0.2) is 4.98 Å². The van der Waals surface area contributed by atoms with Crippen molar-refractivity contribution in [3.8, 4) is 33.8 Å². The largest absolute Gasteiger partial charge is 0.463 e. The minimum Gasteiger partial charge on any atom is -0.463 e. The number of hydrogen-bond acceptors (Lipinski definition) is 10. The summed E-state index contributed by atoms with van der Waals surface area (Å²) in [5, 5.41) is 19.1. The van der Waals surface area contributed by atoms with Crippen molar-refractivity contribution in [3.63, 3.8) is 0 Å². The van der Waals surface area contributed by atoms with Gasteiger partial charge in [-0.15, -0.1) is 0 Å². The molecule has 1 saturated heterocycles. The lowest BCUT2D eigenvalue weighted by Crippen LogP contribution is -2.54. The summed E-state index contributed by atoms with van der Waals surface area (Å²) in [6, 6.07) is 24.3. The van der Waals surface area contributed by atoms with Crippen molar-refractivity contribution in [2.75, 3.05) is 11.9 Å². The summed E-state index contributed by atoms with van der Waals surface area (Å²) in [5.41, 5.74) is 4.82. The molecule has 15 nitrogen and oxygen atoms in total. The van der Waals surface area contributed by atoms with Gasteiger partial charge in [-0.3, -0.25) is 49.1 Å². The van der Waals surface area contributed by atoms with E-state index in [1.807, 2.05) is 30.3 Å². The van der Waals surface area contributed by atoms with Crippen LogP contribution in [0.1, 0.15) is 95.3 Å². The van der Waals surface area contributed by atoms with Crippen LogP contribution in [0.2, 0.25) is 0 Å². The second kappa shape index (κ2) is 18.5. The van der Waals surface area contributed by atoms with Crippen molar-refractivity contribution in [1.29, 1.82) is 0 Å². The number of hydrogen-bond donors (Lipinski definition) is 3. The maximum Gasteiger partial charge on any atom is 0.269 e. The van der Waals surface area contributed by atoms with E-state index in [-0.39, 0.29) is 41.5 Å². The number of anilines is 1. The van der Waals surface area contributed by atoms with E-state index in [0.29, 0.717) is 53.3 Å². The Balaban J connectivity index is 0.797. The molecule has 2 aliphatic heterocycles. The molecule has 2 aliphatic rings. The number of nitro groups is 1. The molecule has 0 bridgehead atoms. The number of unbranched alkanes of at least 4 members (excludes halogenated alkanes) is 6. The number of aromatic nitrogens is 1. The van der Waals surface area contributed by atoms with Crippen LogP contribution >= 0.6 is 0 Å². The highest BCUT2D eigenvalue weighted by atomic mass is 16.6. The van der Waals surface area contributed by atoms with Gasteiger partial charge in [0.1, 0.15) is 11.7 Å². The summed E-state index contributed by atoms with van der Waals surface area (Å²) in [7, 11) is 0. The van der Waals surface area contributed by atoms with Crippen LogP contribution in [0.25, 0.3) is 33.8 Å². The van der Waals surface area contributed by atoms with E-state index < -0.39 is 34.6 Å². The van der Waals surface area contributed by atoms with Crippen LogP contribution in [0, 0.1) is 10.1 Å². The SMILES string of the molecule is O=C1CCC(N2C(=O)c3ccc(NC(=O)CCCCCCCCCNC(=O)c4ccc(-c5cc(-c6ccc([N+](=O)[O-])cc6)nc(-c6ccco6)c5)cc4)cc3C2=O)C(=O)N1. The maximum atomic E-state index is 13.1. The molecule has 3 N–H and O–H groups in total. The molecule has 0 aliphatic carbocycles. The minimum absolute atomic E-state index is 0.00871. The van der Waals surface area contributed by atoms with Crippen molar-refractivity contribution in [3.05, 3.63) is 124 Å². The fourth-order valence-electron chi connectivity index (χ4n) is 7.33. The highest BCUT2D eigenvalue weighted by Gasteiger charge is 2.44. The van der Waals surface area contributed by atoms with Gasteiger partial charge in [-0.05, 0) is 97.1 Å². The Hall–Kier alpha value is -7.29. The Morgan fingerprint density at radius 3 is 2.17 bits per heavy atom. The molecule has 4 heterocycles. The monoisotopic (exact) mass is 810 g/mol. The van der Waals surface area contributed by atoms with E-state index in [4.69, 9.17) is 9.40 Å². The van der Waals surface area contributed by atoms with Crippen LogP contribution in [0.3, 0.4) is 0 Å². The number of rotatable bonds is 17. The van der Waals surface area contributed by atoms with Crippen molar-refractivity contribution >= 4 is 46.8 Å². The molecule has 60 heavy (non-hydrogen) atoms. The quantitative estimate of drug-likeness (QED) is 0.0365. The Morgan fingerprint density at radius 2 is 1.47 bits per heavy atom. The third-order valence-electron chi connectivity index (χ3n) is 10.5. The summed E-state index contributed by atoms with van der Waals surface area (Å²) in [4.78, 5) is 91.6. The van der Waals surface area contributed by atoms with E-state index >= 15 is 0 Å². The first-order chi connectivity index (χ1) is 29.0. The molecule has 2 aromatic heterocycles. The van der Waals surface area contributed by atoms with Crippen molar-refractivity contribution in [2.24, 2.45) is 0 Å². The molecule has 1 fully saturated rings. The Bertz CT molecular complexity index is 2450. The summed E-state index contributed by atoms with van der Waals surface area (Å²) in [6.07, 6.45) is 8.31. The number of pyridine rings is 1. The zero-order valence-corrected chi connectivity index (χ0v) is 32.6. The fourth-order valence-corrected chi connectivity index (χ4v) is 7.33. The van der Waals surface area contributed by atoms with Crippen LogP contribution in [0.15, 0.2) is 102 Å². The molecule has 0 saturated carbocycles. The van der Waals surface area contributed by atoms with Gasteiger partial charge in [0.15, 0.2) is 5.76 Å². The normalized spacial score (nSPS) is 14.8. The topological polar surface area (TPSA) is 211 Å². The average molecular weight is 811 g/mol. The number of piperidine rings is 1. The van der Waals surface area contributed by atoms with E-state index in [1.54, 1.807) is 42.7 Å². The third-order valence-corrected chi connectivity index (χ3v) is 10.5. The molecule has 0 radical (unpaired) electrons. The number of fused-ring (bicyclic) bond motifs is 1. The van der Waals surface area contributed by atoms with Crippen LogP contribution in [0.4, 0.5) is 11.4 Å². The number of benzene rings is 3. The highest BCUT2D eigenvalue weighted by molar-refractivity contribution is 6.24. The zero-order valence-electron chi connectivity index (χ0n) is 32.6. The lowest BCUT2D eigenvalue weighted by atomic mass is 10.00. The molecule has 15 heteroatoms. The highest BCUT2D eigenvalue weighted by Crippen LogP contribution is 2.32. The van der Waals surface area contributed by atoms with E-state index in [2.05, 4.69) is 16.0 Å². The van der Waals surface area contributed by atoms with Crippen LogP contribution < -0.4 is 16.0 Å². The van der Waals surface area contributed by atoms with Gasteiger partial charge in [-0.1, -0.05) is 44.2 Å². The summed E-state index contributed by atoms with van der Waals surface area (Å²) >= 11 is 0. The van der Waals surface area contributed by atoms with Crippen LogP contribution in [-0.2, 0) is 14.4 Å². The maximum absolute atomic E-state index is 13.1. The summed E-state index contributed by atoms with van der Waals surface area (Å²) in [5.74, 6) is -2.13. The van der Waals surface area contributed by atoms with E-state index in [9.17, 15) is 38.9 Å². The lowest BCUT2D eigenvalue weighted by Gasteiger charge is -2.27. The number of nitro benzene ring substituents is 1. The Labute approximate surface area is 344 Å². The smallest absolute Gasteiger partial charge is 0.269 e. The molecule has 5 aromatic rings. The predicted molar refractivity (Wildman–Crippen MR) is 220 cm³/mol. The second-order valence-corrected chi connectivity index (χ2v) is 14.7. The molecule has 3 aromatic carbocycles. The second-order valence-electron chi connectivity index (χ2n) is 14.7. The number of nitrogens with zero attached hydrogens (tertiary/aromatic N) is 3. The number of non-ortho nitro benzene ring substituents is 1. The van der Waals surface area contributed by atoms with Crippen LogP contribution in [-0.4, -0.2) is 62.8 Å². The number of furan rings is 1. The van der Waals surface area contributed by atoms with Crippen molar-refractivity contribution in [2.45, 2.75) is 70.3 Å². The molecule has 6 amide bonds. The first-order valence-electron chi connectivity index (χ1n) is 19.9. The van der Waals surface area contributed by atoms with Crippen molar-refractivity contribution < 1.29 is 38.1 Å². The van der Waals surface area contributed by atoms with E-state index in [1.165, 1.54) is 24.3 Å². The van der Waals surface area contributed by atoms with Gasteiger partial charge < -0.3 is 15.1 Å². The van der Waals surface area contributed by atoms with Crippen molar-refractivity contribution in [1.82, 2.24) is 20.5 Å². The van der Waals surface area contributed by atoms with Crippen LogP contribution in [0.5, 0.6) is 0 Å². The zero-order chi connectivity index (χ0) is 42.2. The lowest BCUT2D eigenvalue weighted by molar-refractivity contribution is -0.384. The predicted octanol–water partition coefficient (Wildman–Crippen LogP) is 7.47. The number of nitrogens with one attached hydrogen (secondary N) is 3. The first-order valence-corrected chi connectivity index (χ1v) is 19.9. The standard InChI is InChI=1S/C45H42N6O9/c52-40(47-32-17-20-34-35(27-32)45(57)50(44(34)56)38-21-22-41(53)49-43(38)55)10-6-4-2-1-3-5-7-23-46-42(54)30-13-11-28(12-14-30)31-25-36(29-15-18-33(19-16-29)51(58)59)48-37(26-31)39-9-8-24-60-39/h8-9,11-20,24-27,38H,1-7,10,21-23H2,(H,46,54)(H,47,52)(H,49,53,55). The number of imide groups is 2. The fraction of sp³-hybridized carbons (Fsp3) is 0.267. The first kappa shape index (κ1) is 40.9. The molecule has 306 valence electrons. The average Bonchev–Trinajstić information content (AvgIpc) is 3.88. The Kier molecular flexibility index (Phi) is 12.6. The van der Waals surface area contributed by atoms with Gasteiger partial charge in [0.25, 0.3) is 23.4 Å². The van der Waals surface area contributed by atoms with Gasteiger partial charge >= 0.3 is 0 Å². The number of amides is 6. The number of carbonyl (C=O) groups excluding carboxylic acids is 6. The molecule has 1 atom stereocenters. The molecule has 1 unspecified atom stereocenters. The van der Waals surface area contributed by atoms with Gasteiger partial charge in [0, 0.05) is 48.3 Å². The Morgan fingerprint density at radius 1 is 0.783 bits per heavy atom. The van der Waals surface area contributed by atoms with Gasteiger partial charge in [-0.2, -0.15) is 0 Å². The molecular formula is C45H42N6O9. The molecular weight excluding hydrogens is 769 g/mol.